The highest BCUT2D eigenvalue weighted by Crippen LogP contribution is 2.36. The smallest absolute Gasteiger partial charge is 0.265 e. The highest BCUT2D eigenvalue weighted by Gasteiger charge is 2.18. The lowest BCUT2D eigenvalue weighted by atomic mass is 10.2. The first-order valence-electron chi connectivity index (χ1n) is 8.02. The lowest BCUT2D eigenvalue weighted by molar-refractivity contribution is -0.120. The molecule has 5 nitrogen and oxygen atoms in total. The second-order valence-electron chi connectivity index (χ2n) is 5.14. The molecular weight excluding hydrogens is 324 g/mol. The molecule has 128 valence electrons. The Bertz CT molecular complexity index is 683. The lowest BCUT2D eigenvalue weighted by Gasteiger charge is -2.06. The molecule has 0 fully saturated rings. The van der Waals surface area contributed by atoms with Crippen molar-refractivity contribution < 1.29 is 14.3 Å². The van der Waals surface area contributed by atoms with Crippen molar-refractivity contribution in [1.29, 1.82) is 0 Å². The van der Waals surface area contributed by atoms with E-state index in [2.05, 4.69) is 10.6 Å². The van der Waals surface area contributed by atoms with Gasteiger partial charge in [0.05, 0.1) is 13.2 Å². The molecule has 2 amide bonds. The number of amides is 2. The molecule has 2 N–H and O–H groups in total. The Balaban J connectivity index is 2.11. The van der Waals surface area contributed by atoms with E-state index < -0.39 is 0 Å². The van der Waals surface area contributed by atoms with Gasteiger partial charge in [0, 0.05) is 11.4 Å². The van der Waals surface area contributed by atoms with Crippen LogP contribution in [0, 0.1) is 0 Å². The van der Waals surface area contributed by atoms with Crippen LogP contribution in [0.3, 0.4) is 0 Å². The minimum Gasteiger partial charge on any atom is -0.492 e. The summed E-state index contributed by atoms with van der Waals surface area (Å²) < 4.78 is 5.58. The number of nitrogens with one attached hydrogen (secondary N) is 2. The zero-order valence-corrected chi connectivity index (χ0v) is 14.7. The molecule has 6 heteroatoms. The third kappa shape index (κ3) is 4.83. The Morgan fingerprint density at radius 3 is 2.54 bits per heavy atom. The fraction of sp³-hybridized carbons (Fsp3) is 0.333. The van der Waals surface area contributed by atoms with Crippen LogP contribution in [-0.2, 0) is 4.79 Å². The molecule has 0 atom stereocenters. The molecule has 0 bridgehead atoms. The van der Waals surface area contributed by atoms with Gasteiger partial charge in [-0.05, 0) is 25.0 Å². The second kappa shape index (κ2) is 9.08. The normalized spacial score (nSPS) is 10.2. The molecule has 0 aliphatic rings. The van der Waals surface area contributed by atoms with Crippen LogP contribution < -0.4 is 15.4 Å². The minimum atomic E-state index is -0.294. The van der Waals surface area contributed by atoms with Crippen LogP contribution in [0.4, 0.5) is 0 Å². The van der Waals surface area contributed by atoms with Gasteiger partial charge in [-0.1, -0.05) is 37.3 Å². The van der Waals surface area contributed by atoms with Crippen LogP contribution >= 0.6 is 11.3 Å². The molecule has 1 aromatic heterocycles. The largest absolute Gasteiger partial charge is 0.492 e. The Morgan fingerprint density at radius 1 is 1.12 bits per heavy atom. The van der Waals surface area contributed by atoms with E-state index in [1.807, 2.05) is 50.2 Å². The van der Waals surface area contributed by atoms with Crippen LogP contribution in [-0.4, -0.2) is 31.5 Å². The molecule has 0 unspecified atom stereocenters. The first kappa shape index (κ1) is 18.0. The van der Waals surface area contributed by atoms with E-state index in [0.29, 0.717) is 23.8 Å². The van der Waals surface area contributed by atoms with E-state index in [9.17, 15) is 9.59 Å². The van der Waals surface area contributed by atoms with Crippen molar-refractivity contribution in [1.82, 2.24) is 10.6 Å². The molecule has 0 saturated carbocycles. The molecule has 24 heavy (non-hydrogen) atoms. The standard InChI is InChI=1S/C18H22N2O3S/c1-3-10-19-16(21)12-20-18(22)17-14(23-4-2)11-15(24-17)13-8-6-5-7-9-13/h5-9,11H,3-4,10,12H2,1-2H3,(H,19,21)(H,20,22). The summed E-state index contributed by atoms with van der Waals surface area (Å²) in [6.45, 7) is 4.89. The molecular formula is C18H22N2O3S. The molecule has 1 aromatic carbocycles. The van der Waals surface area contributed by atoms with Gasteiger partial charge in [0.25, 0.3) is 5.91 Å². The molecule has 0 spiro atoms. The summed E-state index contributed by atoms with van der Waals surface area (Å²) in [7, 11) is 0. The summed E-state index contributed by atoms with van der Waals surface area (Å²) >= 11 is 1.36. The van der Waals surface area contributed by atoms with Crippen molar-refractivity contribution >= 4 is 23.2 Å². The number of rotatable bonds is 8. The van der Waals surface area contributed by atoms with E-state index in [4.69, 9.17) is 4.74 Å². The van der Waals surface area contributed by atoms with Crippen molar-refractivity contribution in [3.8, 4) is 16.2 Å². The van der Waals surface area contributed by atoms with Crippen molar-refractivity contribution in [3.63, 3.8) is 0 Å². The summed E-state index contributed by atoms with van der Waals surface area (Å²) in [5, 5.41) is 5.38. The predicted octanol–water partition coefficient (Wildman–Crippen LogP) is 3.07. The third-order valence-corrected chi connectivity index (χ3v) is 4.41. The Morgan fingerprint density at radius 2 is 1.88 bits per heavy atom. The summed E-state index contributed by atoms with van der Waals surface area (Å²) in [6.07, 6.45) is 0.861. The highest BCUT2D eigenvalue weighted by molar-refractivity contribution is 7.17. The highest BCUT2D eigenvalue weighted by atomic mass is 32.1. The van der Waals surface area contributed by atoms with Gasteiger partial charge in [0.15, 0.2) is 0 Å². The van der Waals surface area contributed by atoms with Gasteiger partial charge >= 0.3 is 0 Å². The van der Waals surface area contributed by atoms with Crippen molar-refractivity contribution in [2.75, 3.05) is 19.7 Å². The Labute approximate surface area is 146 Å². The zero-order chi connectivity index (χ0) is 17.4. The Hall–Kier alpha value is -2.34. The number of thiophene rings is 1. The maximum atomic E-state index is 12.4. The van der Waals surface area contributed by atoms with Gasteiger partial charge in [-0.25, -0.2) is 0 Å². The maximum absolute atomic E-state index is 12.4. The van der Waals surface area contributed by atoms with E-state index >= 15 is 0 Å². The van der Waals surface area contributed by atoms with Crippen molar-refractivity contribution in [3.05, 3.63) is 41.3 Å². The fourth-order valence-corrected chi connectivity index (χ4v) is 3.13. The zero-order valence-electron chi connectivity index (χ0n) is 13.9. The monoisotopic (exact) mass is 346 g/mol. The number of benzene rings is 1. The van der Waals surface area contributed by atoms with Crippen LogP contribution in [0.1, 0.15) is 29.9 Å². The van der Waals surface area contributed by atoms with Crippen LogP contribution in [0.15, 0.2) is 36.4 Å². The topological polar surface area (TPSA) is 67.4 Å². The number of hydrogen-bond donors (Lipinski definition) is 2. The molecule has 0 aliphatic carbocycles. The molecule has 0 aliphatic heterocycles. The summed E-state index contributed by atoms with van der Waals surface area (Å²) in [5.74, 6) is 0.0631. The quantitative estimate of drug-likeness (QED) is 0.772. The number of ether oxygens (including phenoxy) is 1. The Kier molecular flexibility index (Phi) is 6.81. The summed E-state index contributed by atoms with van der Waals surface area (Å²) in [5.41, 5.74) is 1.03. The molecule has 0 radical (unpaired) electrons. The molecule has 2 rings (SSSR count). The molecule has 1 heterocycles. The SMILES string of the molecule is CCCNC(=O)CNC(=O)c1sc(-c2ccccc2)cc1OCC. The van der Waals surface area contributed by atoms with Crippen LogP contribution in [0.25, 0.3) is 10.4 Å². The van der Waals surface area contributed by atoms with E-state index in [1.54, 1.807) is 0 Å². The van der Waals surface area contributed by atoms with Crippen molar-refractivity contribution in [2.45, 2.75) is 20.3 Å². The number of carbonyl (C=O) groups excluding carboxylic acids is 2. The van der Waals surface area contributed by atoms with E-state index in [0.717, 1.165) is 16.9 Å². The lowest BCUT2D eigenvalue weighted by Crippen LogP contribution is -2.37. The van der Waals surface area contributed by atoms with E-state index in [1.165, 1.54) is 11.3 Å². The van der Waals surface area contributed by atoms with E-state index in [-0.39, 0.29) is 18.4 Å². The third-order valence-electron chi connectivity index (χ3n) is 3.24. The van der Waals surface area contributed by atoms with Gasteiger partial charge in [-0.3, -0.25) is 9.59 Å². The number of hydrogen-bond acceptors (Lipinski definition) is 4. The first-order chi connectivity index (χ1) is 11.7. The average Bonchev–Trinajstić information content (AvgIpc) is 3.03. The molecule has 2 aromatic rings. The van der Waals surface area contributed by atoms with Gasteiger partial charge in [-0.15, -0.1) is 11.3 Å². The minimum absolute atomic E-state index is 0.0387. The van der Waals surface area contributed by atoms with Gasteiger partial charge < -0.3 is 15.4 Å². The summed E-state index contributed by atoms with van der Waals surface area (Å²) in [4.78, 5) is 25.5. The predicted molar refractivity (Wildman–Crippen MR) is 96.6 cm³/mol. The van der Waals surface area contributed by atoms with Crippen molar-refractivity contribution in [2.24, 2.45) is 0 Å². The second-order valence-corrected chi connectivity index (χ2v) is 6.19. The maximum Gasteiger partial charge on any atom is 0.265 e. The van der Waals surface area contributed by atoms with Crippen LogP contribution in [0.5, 0.6) is 5.75 Å². The molecule has 0 saturated heterocycles. The van der Waals surface area contributed by atoms with Crippen LogP contribution in [0.2, 0.25) is 0 Å². The average molecular weight is 346 g/mol. The fourth-order valence-electron chi connectivity index (χ4n) is 2.11. The summed E-state index contributed by atoms with van der Waals surface area (Å²) in [6, 6.07) is 11.7. The van der Waals surface area contributed by atoms with Gasteiger partial charge in [0.1, 0.15) is 10.6 Å². The number of carbonyl (C=O) groups is 2. The van der Waals surface area contributed by atoms with Gasteiger partial charge in [-0.2, -0.15) is 0 Å². The first-order valence-corrected chi connectivity index (χ1v) is 8.84. The van der Waals surface area contributed by atoms with Gasteiger partial charge in [0.2, 0.25) is 5.91 Å².